The zero-order valence-corrected chi connectivity index (χ0v) is 10.9. The molecule has 0 unspecified atom stereocenters. The highest BCUT2D eigenvalue weighted by atomic mass is 79.9. The minimum atomic E-state index is -0.360. The number of carbonyl (C=O) groups excluding carboxylic acids is 1. The normalized spacial score (nSPS) is 10.7. The molecule has 1 aromatic heterocycles. The molecule has 1 heterocycles. The number of hydrogen-bond acceptors (Lipinski definition) is 2. The van der Waals surface area contributed by atoms with Crippen LogP contribution in [-0.2, 0) is 4.74 Å². The molecule has 0 aliphatic heterocycles. The zero-order chi connectivity index (χ0) is 11.7. The van der Waals surface area contributed by atoms with Gasteiger partial charge >= 0.3 is 5.97 Å². The van der Waals surface area contributed by atoms with E-state index >= 15 is 0 Å². The Morgan fingerprint density at radius 1 is 1.50 bits per heavy atom. The fourth-order valence-corrected chi connectivity index (χ4v) is 2.40. The molecule has 1 N–H and O–H groups in total. The number of fused-ring (bicyclic) bond motifs is 1. The molecule has 0 radical (unpaired) electrons. The van der Waals surface area contributed by atoms with E-state index in [1.54, 1.807) is 25.1 Å². The van der Waals surface area contributed by atoms with Crippen molar-refractivity contribution in [2.45, 2.75) is 6.92 Å². The van der Waals surface area contributed by atoms with Crippen molar-refractivity contribution in [1.82, 2.24) is 4.98 Å². The maximum Gasteiger partial charge on any atom is 0.354 e. The van der Waals surface area contributed by atoms with Crippen LogP contribution in [0.4, 0.5) is 0 Å². The summed E-state index contributed by atoms with van der Waals surface area (Å²) in [6, 6.07) is 5.30. The molecule has 0 amide bonds. The summed E-state index contributed by atoms with van der Waals surface area (Å²) in [6.45, 7) is 2.13. The third-order valence-corrected chi connectivity index (χ3v) is 3.02. The molecule has 2 rings (SSSR count). The molecule has 0 atom stereocenters. The average Bonchev–Trinajstić information content (AvgIpc) is 2.62. The number of ether oxygens (including phenoxy) is 1. The lowest BCUT2D eigenvalue weighted by Crippen LogP contribution is -2.04. The Bertz CT molecular complexity index is 550. The molecule has 3 nitrogen and oxygen atoms in total. The standard InChI is InChI=1S/C11H9BrClNO2/c1-2-16-11(15)10-5-7-8(12)3-6(13)4-9(7)14-10/h3-5,14H,2H2,1H3. The second kappa shape index (κ2) is 4.47. The maximum absolute atomic E-state index is 11.5. The highest BCUT2D eigenvalue weighted by Gasteiger charge is 2.12. The second-order valence-electron chi connectivity index (χ2n) is 3.25. The predicted molar refractivity (Wildman–Crippen MR) is 67.0 cm³/mol. The first-order chi connectivity index (χ1) is 7.61. The summed E-state index contributed by atoms with van der Waals surface area (Å²) < 4.78 is 5.76. The molecule has 0 saturated carbocycles. The smallest absolute Gasteiger partial charge is 0.354 e. The van der Waals surface area contributed by atoms with Gasteiger partial charge in [0, 0.05) is 20.4 Å². The molecule has 0 aliphatic rings. The topological polar surface area (TPSA) is 42.1 Å². The Kier molecular flexibility index (Phi) is 3.21. The van der Waals surface area contributed by atoms with Gasteiger partial charge in [-0.1, -0.05) is 27.5 Å². The lowest BCUT2D eigenvalue weighted by Gasteiger charge is -1.96. The van der Waals surface area contributed by atoms with Crippen LogP contribution in [0, 0.1) is 0 Å². The Morgan fingerprint density at radius 3 is 2.94 bits per heavy atom. The first kappa shape index (κ1) is 11.5. The van der Waals surface area contributed by atoms with Gasteiger partial charge in [0.25, 0.3) is 0 Å². The van der Waals surface area contributed by atoms with Gasteiger partial charge in [-0.3, -0.25) is 0 Å². The van der Waals surface area contributed by atoms with Gasteiger partial charge in [-0.15, -0.1) is 0 Å². The second-order valence-corrected chi connectivity index (χ2v) is 4.54. The largest absolute Gasteiger partial charge is 0.461 e. The molecule has 0 spiro atoms. The van der Waals surface area contributed by atoms with Crippen LogP contribution in [0.2, 0.25) is 5.02 Å². The van der Waals surface area contributed by atoms with Gasteiger partial charge in [-0.05, 0) is 25.1 Å². The fraction of sp³-hybridized carbons (Fsp3) is 0.182. The van der Waals surface area contributed by atoms with Crippen molar-refractivity contribution in [3.05, 3.63) is 33.4 Å². The van der Waals surface area contributed by atoms with Crippen molar-refractivity contribution in [3.8, 4) is 0 Å². The molecule has 5 heteroatoms. The highest BCUT2D eigenvalue weighted by Crippen LogP contribution is 2.28. The fourth-order valence-electron chi connectivity index (χ4n) is 1.48. The van der Waals surface area contributed by atoms with Crippen LogP contribution in [0.3, 0.4) is 0 Å². The lowest BCUT2D eigenvalue weighted by molar-refractivity contribution is 0.0520. The minimum Gasteiger partial charge on any atom is -0.461 e. The summed E-state index contributed by atoms with van der Waals surface area (Å²) in [7, 11) is 0. The van der Waals surface area contributed by atoms with Crippen molar-refractivity contribution in [1.29, 1.82) is 0 Å². The molecule has 0 fully saturated rings. The summed E-state index contributed by atoms with van der Waals surface area (Å²) in [5, 5.41) is 1.52. The molecular weight excluding hydrogens is 293 g/mol. The van der Waals surface area contributed by atoms with Crippen molar-refractivity contribution in [3.63, 3.8) is 0 Å². The molecule has 0 aliphatic carbocycles. The van der Waals surface area contributed by atoms with Crippen LogP contribution in [0.25, 0.3) is 10.9 Å². The van der Waals surface area contributed by atoms with E-state index in [0.717, 1.165) is 15.4 Å². The quantitative estimate of drug-likeness (QED) is 0.858. The van der Waals surface area contributed by atoms with E-state index in [2.05, 4.69) is 20.9 Å². The Morgan fingerprint density at radius 2 is 2.25 bits per heavy atom. The van der Waals surface area contributed by atoms with Crippen LogP contribution < -0.4 is 0 Å². The van der Waals surface area contributed by atoms with Gasteiger partial charge in [0.1, 0.15) is 5.69 Å². The number of hydrogen-bond donors (Lipinski definition) is 1. The van der Waals surface area contributed by atoms with Gasteiger partial charge in [0.15, 0.2) is 0 Å². The maximum atomic E-state index is 11.5. The van der Waals surface area contributed by atoms with Crippen LogP contribution in [-0.4, -0.2) is 17.6 Å². The van der Waals surface area contributed by atoms with E-state index in [9.17, 15) is 4.79 Å². The number of carbonyl (C=O) groups is 1. The van der Waals surface area contributed by atoms with Gasteiger partial charge in [-0.25, -0.2) is 4.79 Å². The number of aromatic amines is 1. The van der Waals surface area contributed by atoms with Gasteiger partial charge in [-0.2, -0.15) is 0 Å². The van der Waals surface area contributed by atoms with Gasteiger partial charge in [0.2, 0.25) is 0 Å². The molecule has 0 saturated heterocycles. The van der Waals surface area contributed by atoms with E-state index in [4.69, 9.17) is 16.3 Å². The summed E-state index contributed by atoms with van der Waals surface area (Å²) in [4.78, 5) is 14.5. The molecule has 2 aromatic rings. The average molecular weight is 303 g/mol. The number of H-pyrrole nitrogens is 1. The van der Waals surface area contributed by atoms with E-state index in [1.807, 2.05) is 0 Å². The van der Waals surface area contributed by atoms with Crippen LogP contribution >= 0.6 is 27.5 Å². The molecular formula is C11H9BrClNO2. The first-order valence-electron chi connectivity index (χ1n) is 4.76. The zero-order valence-electron chi connectivity index (χ0n) is 8.51. The van der Waals surface area contributed by atoms with Crippen molar-refractivity contribution < 1.29 is 9.53 Å². The highest BCUT2D eigenvalue weighted by molar-refractivity contribution is 9.10. The van der Waals surface area contributed by atoms with Crippen LogP contribution in [0.15, 0.2) is 22.7 Å². The summed E-state index contributed by atoms with van der Waals surface area (Å²) in [5.74, 6) is -0.360. The molecule has 0 bridgehead atoms. The van der Waals surface area contributed by atoms with Crippen molar-refractivity contribution in [2.75, 3.05) is 6.61 Å². The number of rotatable bonds is 2. The Hall–Kier alpha value is -1.00. The molecule has 84 valence electrons. The summed E-state index contributed by atoms with van der Waals surface area (Å²) in [5.41, 5.74) is 1.24. The van der Waals surface area contributed by atoms with Gasteiger partial charge < -0.3 is 9.72 Å². The van der Waals surface area contributed by atoms with Crippen LogP contribution in [0.5, 0.6) is 0 Å². The predicted octanol–water partition coefficient (Wildman–Crippen LogP) is 3.76. The van der Waals surface area contributed by atoms with E-state index in [-0.39, 0.29) is 5.97 Å². The number of nitrogens with one attached hydrogen (secondary N) is 1. The van der Waals surface area contributed by atoms with Crippen molar-refractivity contribution >= 4 is 44.4 Å². The Labute approximate surface area is 106 Å². The third-order valence-electron chi connectivity index (χ3n) is 2.15. The summed E-state index contributed by atoms with van der Waals surface area (Å²) in [6.07, 6.45) is 0. The van der Waals surface area contributed by atoms with Crippen molar-refractivity contribution in [2.24, 2.45) is 0 Å². The molecule has 16 heavy (non-hydrogen) atoms. The van der Waals surface area contributed by atoms with Gasteiger partial charge in [0.05, 0.1) is 6.61 Å². The van der Waals surface area contributed by atoms with E-state index in [1.165, 1.54) is 0 Å². The third kappa shape index (κ3) is 2.08. The monoisotopic (exact) mass is 301 g/mol. The first-order valence-corrected chi connectivity index (χ1v) is 5.94. The van der Waals surface area contributed by atoms with E-state index in [0.29, 0.717) is 17.3 Å². The van der Waals surface area contributed by atoms with E-state index < -0.39 is 0 Å². The summed E-state index contributed by atoms with van der Waals surface area (Å²) >= 11 is 9.30. The molecule has 1 aromatic carbocycles. The number of esters is 1. The number of benzene rings is 1. The SMILES string of the molecule is CCOC(=O)c1cc2c(Br)cc(Cl)cc2[nH]1. The van der Waals surface area contributed by atoms with Crippen LogP contribution in [0.1, 0.15) is 17.4 Å². The Balaban J connectivity index is 2.51. The number of aromatic nitrogens is 1. The lowest BCUT2D eigenvalue weighted by atomic mass is 10.2. The minimum absolute atomic E-state index is 0.357. The number of halogens is 2.